The van der Waals surface area contributed by atoms with Crippen LogP contribution in [0.1, 0.15) is 38.3 Å². The number of benzene rings is 3. The monoisotopic (exact) mass is 629 g/mol. The van der Waals surface area contributed by atoms with E-state index in [2.05, 4.69) is 21.2 Å². The average Bonchev–Trinajstić information content (AvgIpc) is 2.94. The van der Waals surface area contributed by atoms with Crippen molar-refractivity contribution in [1.29, 1.82) is 0 Å². The maximum absolute atomic E-state index is 14.0. The van der Waals surface area contributed by atoms with Gasteiger partial charge in [0, 0.05) is 17.6 Å². The molecule has 1 N–H and O–H groups in total. The number of anilines is 1. The first-order valence-corrected chi connectivity index (χ1v) is 15.4. The quantitative estimate of drug-likeness (QED) is 0.277. The van der Waals surface area contributed by atoms with Crippen LogP contribution in [0, 0.1) is 6.92 Å². The van der Waals surface area contributed by atoms with Gasteiger partial charge in [-0.1, -0.05) is 47.1 Å². The van der Waals surface area contributed by atoms with Gasteiger partial charge in [0.25, 0.3) is 10.0 Å². The molecule has 0 heterocycles. The van der Waals surface area contributed by atoms with Crippen LogP contribution >= 0.6 is 15.9 Å². The van der Waals surface area contributed by atoms with Gasteiger partial charge in [0.15, 0.2) is 0 Å². The standard InChI is InChI=1S/C30H36BrN3O5S/c1-5-19-32-30(36)23(4)33(20-24-10-8-7-9-22(24)3)29(35)21-34(26-13-15-27(16-14-26)39-6-2)40(37,38)28-17-11-25(31)12-18-28/h7-18,23H,5-6,19-21H2,1-4H3,(H,32,36)/t23-/m0/s1. The molecule has 0 bridgehead atoms. The van der Waals surface area contributed by atoms with Crippen molar-refractivity contribution < 1.29 is 22.7 Å². The number of amides is 2. The minimum atomic E-state index is -4.14. The van der Waals surface area contributed by atoms with E-state index in [4.69, 9.17) is 4.74 Å². The number of sulfonamides is 1. The van der Waals surface area contributed by atoms with Gasteiger partial charge in [-0.3, -0.25) is 13.9 Å². The van der Waals surface area contributed by atoms with Gasteiger partial charge in [-0.15, -0.1) is 0 Å². The topological polar surface area (TPSA) is 96.0 Å². The number of carbonyl (C=O) groups excluding carboxylic acids is 2. The zero-order chi connectivity index (χ0) is 29.3. The number of rotatable bonds is 13. The molecule has 0 aliphatic heterocycles. The van der Waals surface area contributed by atoms with Crippen molar-refractivity contribution in [3.8, 4) is 5.75 Å². The van der Waals surface area contributed by atoms with E-state index in [1.54, 1.807) is 43.3 Å². The summed E-state index contributed by atoms with van der Waals surface area (Å²) in [6.07, 6.45) is 0.751. The van der Waals surface area contributed by atoms with Crippen molar-refractivity contribution in [2.75, 3.05) is 24.0 Å². The SMILES string of the molecule is CCCNC(=O)[C@H](C)N(Cc1ccccc1C)C(=O)CN(c1ccc(OCC)cc1)S(=O)(=O)c1ccc(Br)cc1. The third-order valence-electron chi connectivity index (χ3n) is 6.43. The Hall–Kier alpha value is -3.37. The molecule has 10 heteroatoms. The van der Waals surface area contributed by atoms with Crippen molar-refractivity contribution in [3.05, 3.63) is 88.4 Å². The maximum atomic E-state index is 14.0. The maximum Gasteiger partial charge on any atom is 0.264 e. The molecule has 0 saturated heterocycles. The highest BCUT2D eigenvalue weighted by Gasteiger charge is 2.32. The van der Waals surface area contributed by atoms with Gasteiger partial charge in [0.2, 0.25) is 11.8 Å². The molecule has 0 unspecified atom stereocenters. The molecule has 2 amide bonds. The molecule has 3 rings (SSSR count). The molecule has 0 saturated carbocycles. The Morgan fingerprint density at radius 1 is 0.975 bits per heavy atom. The summed E-state index contributed by atoms with van der Waals surface area (Å²) in [5.74, 6) is -0.217. The van der Waals surface area contributed by atoms with Gasteiger partial charge >= 0.3 is 0 Å². The highest BCUT2D eigenvalue weighted by atomic mass is 79.9. The summed E-state index contributed by atoms with van der Waals surface area (Å²) >= 11 is 3.34. The predicted octanol–water partition coefficient (Wildman–Crippen LogP) is 5.30. The number of halogens is 1. The van der Waals surface area contributed by atoms with Crippen LogP contribution in [0.5, 0.6) is 5.75 Å². The second kappa shape index (κ2) is 14.3. The molecule has 0 aliphatic rings. The van der Waals surface area contributed by atoms with E-state index in [1.807, 2.05) is 45.0 Å². The smallest absolute Gasteiger partial charge is 0.264 e. The molecule has 0 fully saturated rings. The summed E-state index contributed by atoms with van der Waals surface area (Å²) in [4.78, 5) is 28.4. The summed E-state index contributed by atoms with van der Waals surface area (Å²) in [5, 5.41) is 2.85. The molecule has 0 aliphatic carbocycles. The molecule has 214 valence electrons. The zero-order valence-electron chi connectivity index (χ0n) is 23.3. The average molecular weight is 631 g/mol. The lowest BCUT2D eigenvalue weighted by molar-refractivity contribution is -0.139. The summed E-state index contributed by atoms with van der Waals surface area (Å²) in [6.45, 7) is 8.00. The lowest BCUT2D eigenvalue weighted by Crippen LogP contribution is -2.51. The van der Waals surface area contributed by atoms with Crippen LogP contribution in [0.2, 0.25) is 0 Å². The van der Waals surface area contributed by atoms with Crippen LogP contribution in [0.25, 0.3) is 0 Å². The van der Waals surface area contributed by atoms with E-state index < -0.39 is 28.5 Å². The second-order valence-corrected chi connectivity index (χ2v) is 12.1. The van der Waals surface area contributed by atoms with Crippen molar-refractivity contribution in [2.45, 2.75) is 51.6 Å². The molecule has 3 aromatic carbocycles. The first-order valence-electron chi connectivity index (χ1n) is 13.2. The van der Waals surface area contributed by atoms with Crippen LogP contribution < -0.4 is 14.4 Å². The first kappa shape index (κ1) is 31.2. The number of carbonyl (C=O) groups is 2. The Morgan fingerprint density at radius 3 is 2.23 bits per heavy atom. The molecular weight excluding hydrogens is 594 g/mol. The Balaban J connectivity index is 2.03. The summed E-state index contributed by atoms with van der Waals surface area (Å²) in [6, 6.07) is 19.6. The number of hydrogen-bond donors (Lipinski definition) is 1. The van der Waals surface area contributed by atoms with Crippen molar-refractivity contribution in [2.24, 2.45) is 0 Å². The predicted molar refractivity (Wildman–Crippen MR) is 161 cm³/mol. The third kappa shape index (κ3) is 7.85. The minimum absolute atomic E-state index is 0.0385. The van der Waals surface area contributed by atoms with E-state index >= 15 is 0 Å². The fourth-order valence-corrected chi connectivity index (χ4v) is 5.77. The van der Waals surface area contributed by atoms with Gasteiger partial charge < -0.3 is 15.0 Å². The van der Waals surface area contributed by atoms with Gasteiger partial charge in [0.05, 0.1) is 17.2 Å². The Kier molecular flexibility index (Phi) is 11.2. The molecule has 8 nitrogen and oxygen atoms in total. The minimum Gasteiger partial charge on any atom is -0.494 e. The molecule has 3 aromatic rings. The number of ether oxygens (including phenoxy) is 1. The van der Waals surface area contributed by atoms with Gasteiger partial charge in [-0.25, -0.2) is 8.42 Å². The van der Waals surface area contributed by atoms with Crippen molar-refractivity contribution in [3.63, 3.8) is 0 Å². The van der Waals surface area contributed by atoms with Gasteiger partial charge in [-0.2, -0.15) is 0 Å². The van der Waals surface area contributed by atoms with Crippen LogP contribution in [0.15, 0.2) is 82.2 Å². The van der Waals surface area contributed by atoms with Gasteiger partial charge in [0.1, 0.15) is 18.3 Å². The van der Waals surface area contributed by atoms with Crippen LogP contribution in [-0.2, 0) is 26.2 Å². The molecule has 40 heavy (non-hydrogen) atoms. The largest absolute Gasteiger partial charge is 0.494 e. The third-order valence-corrected chi connectivity index (χ3v) is 8.75. The fraction of sp³-hybridized carbons (Fsp3) is 0.333. The molecule has 0 spiro atoms. The molecule has 0 aromatic heterocycles. The Bertz CT molecular complexity index is 1400. The first-order chi connectivity index (χ1) is 19.1. The lowest BCUT2D eigenvalue weighted by Gasteiger charge is -2.32. The summed E-state index contributed by atoms with van der Waals surface area (Å²) < 4.78 is 35.1. The highest BCUT2D eigenvalue weighted by molar-refractivity contribution is 9.10. The van der Waals surface area contributed by atoms with E-state index in [9.17, 15) is 18.0 Å². The number of nitrogens with zero attached hydrogens (tertiary/aromatic N) is 2. The summed E-state index contributed by atoms with van der Waals surface area (Å²) in [5.41, 5.74) is 2.14. The number of aryl methyl sites for hydroxylation is 1. The van der Waals surface area contributed by atoms with E-state index in [0.29, 0.717) is 24.6 Å². The van der Waals surface area contributed by atoms with E-state index in [-0.39, 0.29) is 17.3 Å². The van der Waals surface area contributed by atoms with E-state index in [0.717, 1.165) is 26.3 Å². The normalized spacial score (nSPS) is 11.9. The van der Waals surface area contributed by atoms with Crippen LogP contribution in [0.3, 0.4) is 0 Å². The number of nitrogens with one attached hydrogen (secondary N) is 1. The van der Waals surface area contributed by atoms with Crippen molar-refractivity contribution in [1.82, 2.24) is 10.2 Å². The van der Waals surface area contributed by atoms with E-state index in [1.165, 1.54) is 17.0 Å². The highest BCUT2D eigenvalue weighted by Crippen LogP contribution is 2.27. The van der Waals surface area contributed by atoms with Crippen LogP contribution in [0.4, 0.5) is 5.69 Å². The Morgan fingerprint density at radius 2 is 1.62 bits per heavy atom. The lowest BCUT2D eigenvalue weighted by atomic mass is 10.1. The molecular formula is C30H36BrN3O5S. The fourth-order valence-electron chi connectivity index (χ4n) is 4.09. The van der Waals surface area contributed by atoms with Crippen molar-refractivity contribution >= 4 is 43.5 Å². The molecule has 1 atom stereocenters. The second-order valence-electron chi connectivity index (χ2n) is 9.31. The molecule has 0 radical (unpaired) electrons. The van der Waals surface area contributed by atoms with Crippen LogP contribution in [-0.4, -0.2) is 50.9 Å². The number of hydrogen-bond acceptors (Lipinski definition) is 5. The Labute approximate surface area is 245 Å². The summed E-state index contributed by atoms with van der Waals surface area (Å²) in [7, 11) is -4.14. The zero-order valence-corrected chi connectivity index (χ0v) is 25.7. The van der Waals surface area contributed by atoms with Gasteiger partial charge in [-0.05, 0) is 86.8 Å².